The average Bonchev–Trinajstić information content (AvgIpc) is 3.09. The maximum Gasteiger partial charge on any atom is 0.573 e. The van der Waals surface area contributed by atoms with E-state index in [4.69, 9.17) is 0 Å². The largest absolute Gasteiger partial charge is 0.573 e. The number of hydrogen-bond donors (Lipinski definition) is 0. The highest BCUT2D eigenvalue weighted by molar-refractivity contribution is 5.86. The predicted octanol–water partition coefficient (Wildman–Crippen LogP) is 5.72. The molecule has 0 saturated carbocycles. The van der Waals surface area contributed by atoms with Gasteiger partial charge in [-0.15, -0.1) is 13.2 Å². The minimum atomic E-state index is -4.77. The highest BCUT2D eigenvalue weighted by atomic mass is 19.4. The monoisotopic (exact) mass is 490 g/mol. The molecule has 9 heteroatoms. The predicted molar refractivity (Wildman–Crippen MR) is 131 cm³/mol. The quantitative estimate of drug-likeness (QED) is 0.316. The van der Waals surface area contributed by atoms with E-state index in [1.165, 1.54) is 24.3 Å². The number of aryl methyl sites for hydroxylation is 1. The molecular weight excluding hydrogens is 469 g/mol. The lowest BCUT2D eigenvalue weighted by atomic mass is 9.99. The second-order valence-corrected chi connectivity index (χ2v) is 8.43. The fourth-order valence-electron chi connectivity index (χ4n) is 4.30. The maximum atomic E-state index is 13.8. The van der Waals surface area contributed by atoms with Gasteiger partial charge in [-0.2, -0.15) is 0 Å². The van der Waals surface area contributed by atoms with Crippen molar-refractivity contribution in [3.05, 3.63) is 101 Å². The summed E-state index contributed by atoms with van der Waals surface area (Å²) >= 11 is 0. The third kappa shape index (κ3) is 4.59. The number of benzene rings is 3. The molecule has 0 unspecified atom stereocenters. The zero-order chi connectivity index (χ0) is 25.4. The fourth-order valence-corrected chi connectivity index (χ4v) is 4.30. The second kappa shape index (κ2) is 8.99. The maximum absolute atomic E-state index is 13.8. The number of nitrogens with zero attached hydrogens (tertiary/aromatic N) is 4. The molecule has 0 aliphatic heterocycles. The Hall–Kier alpha value is -4.40. The Labute approximate surface area is 204 Å². The van der Waals surface area contributed by atoms with Crippen LogP contribution in [0.25, 0.3) is 33.4 Å². The van der Waals surface area contributed by atoms with Crippen LogP contribution in [0, 0.1) is 6.92 Å². The van der Waals surface area contributed by atoms with Gasteiger partial charge in [-0.25, -0.2) is 4.68 Å². The molecule has 2 heterocycles. The normalized spacial score (nSPS) is 11.7. The number of aromatic nitrogens is 4. The van der Waals surface area contributed by atoms with Gasteiger partial charge in [-0.3, -0.25) is 19.4 Å². The fraction of sp³-hybridized carbons (Fsp3) is 0.148. The molecule has 36 heavy (non-hydrogen) atoms. The molecule has 5 rings (SSSR count). The first kappa shape index (κ1) is 23.3. The minimum absolute atomic E-state index is 0.161. The summed E-state index contributed by atoms with van der Waals surface area (Å²) in [7, 11) is 1.79. The molecule has 0 atom stereocenters. The van der Waals surface area contributed by atoms with Crippen molar-refractivity contribution in [3.8, 4) is 28.1 Å². The summed E-state index contributed by atoms with van der Waals surface area (Å²) in [6.45, 7) is 2.12. The highest BCUT2D eigenvalue weighted by Gasteiger charge is 2.31. The van der Waals surface area contributed by atoms with E-state index >= 15 is 0 Å². The summed E-state index contributed by atoms with van der Waals surface area (Å²) in [5.74, 6) is -0.316. The van der Waals surface area contributed by atoms with Gasteiger partial charge in [0, 0.05) is 25.0 Å². The Kier molecular flexibility index (Phi) is 5.83. The van der Waals surface area contributed by atoms with E-state index in [1.807, 2.05) is 49.4 Å². The third-order valence-corrected chi connectivity index (χ3v) is 5.91. The Morgan fingerprint density at radius 2 is 1.61 bits per heavy atom. The average molecular weight is 490 g/mol. The molecule has 2 aromatic heterocycles. The second-order valence-electron chi connectivity index (χ2n) is 8.43. The van der Waals surface area contributed by atoms with Crippen molar-refractivity contribution in [1.29, 1.82) is 0 Å². The van der Waals surface area contributed by atoms with Crippen LogP contribution >= 0.6 is 0 Å². The van der Waals surface area contributed by atoms with Crippen LogP contribution in [0.1, 0.15) is 11.1 Å². The van der Waals surface area contributed by atoms with Crippen LogP contribution < -0.4 is 10.3 Å². The summed E-state index contributed by atoms with van der Waals surface area (Å²) in [6.07, 6.45) is -1.53. The summed E-state index contributed by atoms with van der Waals surface area (Å²) in [5.41, 5.74) is 5.69. The number of ether oxygens (including phenoxy) is 1. The molecule has 0 fully saturated rings. The highest BCUT2D eigenvalue weighted by Crippen LogP contribution is 2.32. The van der Waals surface area contributed by atoms with E-state index in [1.54, 1.807) is 28.8 Å². The van der Waals surface area contributed by atoms with Crippen molar-refractivity contribution in [2.45, 2.75) is 19.8 Å². The number of fused-ring (bicyclic) bond motifs is 1. The van der Waals surface area contributed by atoms with E-state index in [-0.39, 0.29) is 17.9 Å². The van der Waals surface area contributed by atoms with Crippen LogP contribution in [0.3, 0.4) is 0 Å². The van der Waals surface area contributed by atoms with Gasteiger partial charge in [0.05, 0.1) is 28.8 Å². The van der Waals surface area contributed by atoms with E-state index in [0.717, 1.165) is 22.2 Å². The molecule has 0 bridgehead atoms. The lowest BCUT2D eigenvalue weighted by molar-refractivity contribution is -0.274. The van der Waals surface area contributed by atoms with Crippen molar-refractivity contribution in [2.75, 3.05) is 0 Å². The molecule has 0 radical (unpaired) electrons. The molecule has 182 valence electrons. The molecule has 0 aliphatic rings. The van der Waals surface area contributed by atoms with Crippen LogP contribution in [0.15, 0.2) is 83.9 Å². The summed E-state index contributed by atoms with van der Waals surface area (Å²) < 4.78 is 44.8. The van der Waals surface area contributed by atoms with Crippen LogP contribution in [0.5, 0.6) is 5.75 Å². The Bertz CT molecular complexity index is 1620. The minimum Gasteiger partial charge on any atom is -0.406 e. The van der Waals surface area contributed by atoms with Crippen LogP contribution in [-0.2, 0) is 13.6 Å². The summed E-state index contributed by atoms with van der Waals surface area (Å²) in [4.78, 5) is 22.5. The lowest BCUT2D eigenvalue weighted by Gasteiger charge is -2.12. The number of rotatable bonds is 5. The van der Waals surface area contributed by atoms with Gasteiger partial charge < -0.3 is 4.74 Å². The van der Waals surface area contributed by atoms with Gasteiger partial charge >= 0.3 is 6.36 Å². The zero-order valence-electron chi connectivity index (χ0n) is 19.5. The molecule has 0 N–H and O–H groups in total. The number of alkyl halides is 3. The van der Waals surface area contributed by atoms with Crippen molar-refractivity contribution >= 4 is 11.0 Å². The van der Waals surface area contributed by atoms with Crippen molar-refractivity contribution in [1.82, 2.24) is 19.3 Å². The van der Waals surface area contributed by atoms with Gasteiger partial charge in [0.25, 0.3) is 5.56 Å². The molecule has 6 nitrogen and oxygen atoms in total. The molecule has 0 aliphatic carbocycles. The van der Waals surface area contributed by atoms with E-state index in [0.29, 0.717) is 22.3 Å². The molecular formula is C27H21F3N4O2. The Morgan fingerprint density at radius 1 is 0.889 bits per heavy atom. The van der Waals surface area contributed by atoms with Gasteiger partial charge in [0.2, 0.25) is 0 Å². The van der Waals surface area contributed by atoms with E-state index < -0.39 is 6.36 Å². The van der Waals surface area contributed by atoms with Crippen LogP contribution in [-0.4, -0.2) is 25.7 Å². The lowest BCUT2D eigenvalue weighted by Crippen LogP contribution is -2.23. The standard InChI is InChI=1S/C27H21F3N4O2/c1-17-4-3-5-19(14-17)24-25(20-8-11-22-23(15-20)32-13-12-31-22)33(2)34(26(24)35)16-18-6-9-21(10-7-18)36-27(28,29)30/h3-15H,16H2,1-2H3. The Balaban J connectivity index is 1.63. The summed E-state index contributed by atoms with van der Waals surface area (Å²) in [6, 6.07) is 18.9. The molecule has 5 aromatic rings. The molecule has 0 saturated heterocycles. The van der Waals surface area contributed by atoms with E-state index in [9.17, 15) is 18.0 Å². The van der Waals surface area contributed by atoms with Crippen molar-refractivity contribution in [2.24, 2.45) is 7.05 Å². The molecule has 3 aromatic carbocycles. The first-order valence-corrected chi connectivity index (χ1v) is 11.1. The molecule has 0 spiro atoms. The van der Waals surface area contributed by atoms with Gasteiger partial charge in [-0.1, -0.05) is 48.0 Å². The van der Waals surface area contributed by atoms with Crippen molar-refractivity contribution in [3.63, 3.8) is 0 Å². The third-order valence-electron chi connectivity index (χ3n) is 5.91. The Morgan fingerprint density at radius 3 is 2.31 bits per heavy atom. The van der Waals surface area contributed by atoms with Crippen LogP contribution in [0.2, 0.25) is 0 Å². The first-order chi connectivity index (χ1) is 17.2. The van der Waals surface area contributed by atoms with Gasteiger partial charge in [-0.05, 0) is 42.3 Å². The number of halogens is 3. The molecule has 0 amide bonds. The van der Waals surface area contributed by atoms with Gasteiger partial charge in [0.1, 0.15) is 5.75 Å². The topological polar surface area (TPSA) is 61.9 Å². The smallest absolute Gasteiger partial charge is 0.406 e. The van der Waals surface area contributed by atoms with Crippen LogP contribution in [0.4, 0.5) is 13.2 Å². The zero-order valence-corrected chi connectivity index (χ0v) is 19.5. The van der Waals surface area contributed by atoms with Crippen molar-refractivity contribution < 1.29 is 17.9 Å². The number of hydrogen-bond acceptors (Lipinski definition) is 4. The first-order valence-electron chi connectivity index (χ1n) is 11.1. The van der Waals surface area contributed by atoms with E-state index in [2.05, 4.69) is 14.7 Å². The SMILES string of the molecule is Cc1cccc(-c2c(-c3ccc4nccnc4c3)n(C)n(Cc3ccc(OC(F)(F)F)cc3)c2=O)c1. The summed E-state index contributed by atoms with van der Waals surface area (Å²) in [5, 5.41) is 0. The van der Waals surface area contributed by atoms with Gasteiger partial charge in [0.15, 0.2) is 0 Å².